The third-order valence-corrected chi connectivity index (χ3v) is 11.3. The van der Waals surface area contributed by atoms with Crippen molar-refractivity contribution in [2.45, 2.75) is 123 Å². The molecule has 1 aromatic carbocycles. The standard InChI is InChI=1S/C35H56O3/c1-24(11-9-21-34(3,4)38)30-19-20-31-27(14-10-22-35(30,31)5)16-17-28-23-32(36)29(33(37)25(28)2)18-15-26-12-7-6-8-13-26/h6-8,12-13,16-17,24-25,27-33,36-38H,9-11,14-15,18-23H2,1-5H3/b17-16-/t24-,25?,27?,28?,29+,30?,31?,32-,33-,35-/m1/s1. The predicted molar refractivity (Wildman–Crippen MR) is 158 cm³/mol. The number of aliphatic hydroxyl groups is 3. The highest BCUT2D eigenvalue weighted by molar-refractivity contribution is 5.15. The minimum Gasteiger partial charge on any atom is -0.393 e. The van der Waals surface area contributed by atoms with Gasteiger partial charge in [0, 0.05) is 5.92 Å². The molecule has 3 aliphatic carbocycles. The summed E-state index contributed by atoms with van der Waals surface area (Å²) in [5.41, 5.74) is 1.14. The van der Waals surface area contributed by atoms with Crippen LogP contribution in [-0.4, -0.2) is 33.1 Å². The number of rotatable bonds is 10. The van der Waals surface area contributed by atoms with E-state index < -0.39 is 17.8 Å². The summed E-state index contributed by atoms with van der Waals surface area (Å²) in [5.74, 6) is 3.26. The molecule has 0 saturated heterocycles. The van der Waals surface area contributed by atoms with Gasteiger partial charge in [0.2, 0.25) is 0 Å². The maximum atomic E-state index is 11.2. The van der Waals surface area contributed by atoms with Gasteiger partial charge in [-0.3, -0.25) is 0 Å². The Morgan fingerprint density at radius 2 is 1.76 bits per heavy atom. The number of aryl methyl sites for hydroxylation is 1. The van der Waals surface area contributed by atoms with Gasteiger partial charge in [0.1, 0.15) is 0 Å². The van der Waals surface area contributed by atoms with Crippen LogP contribution in [0, 0.1) is 46.8 Å². The second-order valence-corrected chi connectivity index (χ2v) is 14.4. The molecule has 3 N–H and O–H groups in total. The lowest BCUT2D eigenvalue weighted by atomic mass is 9.59. The van der Waals surface area contributed by atoms with Crippen LogP contribution in [0.1, 0.15) is 104 Å². The average Bonchev–Trinajstić information content (AvgIpc) is 3.22. The Morgan fingerprint density at radius 1 is 1.05 bits per heavy atom. The Hall–Kier alpha value is -1.16. The second kappa shape index (κ2) is 12.6. The number of benzene rings is 1. The second-order valence-electron chi connectivity index (χ2n) is 14.4. The molecule has 0 spiro atoms. The molecule has 38 heavy (non-hydrogen) atoms. The van der Waals surface area contributed by atoms with Crippen molar-refractivity contribution in [3.8, 4) is 0 Å². The molecule has 5 unspecified atom stereocenters. The molecule has 1 aromatic rings. The summed E-state index contributed by atoms with van der Waals surface area (Å²) in [7, 11) is 0. The van der Waals surface area contributed by atoms with E-state index in [1.54, 1.807) is 0 Å². The molecular formula is C35H56O3. The molecule has 3 heteroatoms. The van der Waals surface area contributed by atoms with Crippen LogP contribution in [-0.2, 0) is 6.42 Å². The van der Waals surface area contributed by atoms with Crippen LogP contribution in [0.4, 0.5) is 0 Å². The molecule has 3 aliphatic rings. The van der Waals surface area contributed by atoms with Gasteiger partial charge < -0.3 is 15.3 Å². The normalized spacial score (nSPS) is 38.8. The van der Waals surface area contributed by atoms with Crippen LogP contribution in [0.15, 0.2) is 42.5 Å². The van der Waals surface area contributed by atoms with Gasteiger partial charge in [-0.25, -0.2) is 0 Å². The van der Waals surface area contributed by atoms with E-state index in [4.69, 9.17) is 0 Å². The molecule has 3 saturated carbocycles. The van der Waals surface area contributed by atoms with Crippen LogP contribution < -0.4 is 0 Å². The van der Waals surface area contributed by atoms with Gasteiger partial charge in [0.05, 0.1) is 17.8 Å². The minimum atomic E-state index is -0.554. The van der Waals surface area contributed by atoms with Crippen LogP contribution in [0.3, 0.4) is 0 Å². The zero-order chi connectivity index (χ0) is 27.5. The van der Waals surface area contributed by atoms with Gasteiger partial charge in [-0.2, -0.15) is 0 Å². The summed E-state index contributed by atoms with van der Waals surface area (Å²) in [6, 6.07) is 10.4. The highest BCUT2D eigenvalue weighted by Gasteiger charge is 2.51. The topological polar surface area (TPSA) is 60.7 Å². The van der Waals surface area contributed by atoms with Crippen molar-refractivity contribution in [2.75, 3.05) is 0 Å². The van der Waals surface area contributed by atoms with E-state index in [0.717, 1.165) is 43.9 Å². The Balaban J connectivity index is 1.34. The van der Waals surface area contributed by atoms with E-state index in [1.165, 1.54) is 44.1 Å². The van der Waals surface area contributed by atoms with Crippen molar-refractivity contribution < 1.29 is 15.3 Å². The van der Waals surface area contributed by atoms with Gasteiger partial charge in [0.15, 0.2) is 0 Å². The van der Waals surface area contributed by atoms with Gasteiger partial charge in [-0.1, -0.05) is 82.5 Å². The number of hydrogen-bond acceptors (Lipinski definition) is 3. The summed E-state index contributed by atoms with van der Waals surface area (Å²) in [5, 5.41) is 32.4. The summed E-state index contributed by atoms with van der Waals surface area (Å²) in [6.45, 7) is 11.1. The van der Waals surface area contributed by atoms with Crippen molar-refractivity contribution in [1.82, 2.24) is 0 Å². The van der Waals surface area contributed by atoms with Gasteiger partial charge >= 0.3 is 0 Å². The number of fused-ring (bicyclic) bond motifs is 1. The Kier molecular flexibility index (Phi) is 9.86. The van der Waals surface area contributed by atoms with E-state index in [2.05, 4.69) is 57.2 Å². The molecule has 3 fully saturated rings. The molecule has 0 amide bonds. The quantitative estimate of drug-likeness (QED) is 0.277. The SMILES string of the molecule is CC1C(/C=C\C2CCC[C@@]3(C)C2CCC3[C@H](C)CCCC(C)(C)O)C[C@@H](O)[C@H](CCc2ccccc2)[C@@H]1O. The van der Waals surface area contributed by atoms with Gasteiger partial charge in [-0.15, -0.1) is 0 Å². The maximum absolute atomic E-state index is 11.2. The zero-order valence-corrected chi connectivity index (χ0v) is 24.9. The number of hydrogen-bond donors (Lipinski definition) is 3. The van der Waals surface area contributed by atoms with E-state index >= 15 is 0 Å². The smallest absolute Gasteiger partial charge is 0.0624 e. The monoisotopic (exact) mass is 524 g/mol. The number of aliphatic hydroxyl groups excluding tert-OH is 2. The van der Waals surface area contributed by atoms with Crippen molar-refractivity contribution >= 4 is 0 Å². The Labute approximate surface area is 233 Å². The fourth-order valence-corrected chi connectivity index (χ4v) is 8.93. The first-order valence-electron chi connectivity index (χ1n) is 15.8. The fourth-order valence-electron chi connectivity index (χ4n) is 8.93. The molecule has 4 rings (SSSR count). The fraction of sp³-hybridized carbons (Fsp3) is 0.771. The lowest BCUT2D eigenvalue weighted by Crippen LogP contribution is -2.45. The van der Waals surface area contributed by atoms with Crippen LogP contribution in [0.5, 0.6) is 0 Å². The zero-order valence-electron chi connectivity index (χ0n) is 24.9. The molecule has 3 nitrogen and oxygen atoms in total. The molecule has 0 aromatic heterocycles. The van der Waals surface area contributed by atoms with Crippen LogP contribution >= 0.6 is 0 Å². The Morgan fingerprint density at radius 3 is 2.47 bits per heavy atom. The largest absolute Gasteiger partial charge is 0.393 e. The molecule has 0 heterocycles. The minimum absolute atomic E-state index is 0.0404. The maximum Gasteiger partial charge on any atom is 0.0624 e. The highest BCUT2D eigenvalue weighted by atomic mass is 16.3. The third-order valence-electron chi connectivity index (χ3n) is 11.3. The van der Waals surface area contributed by atoms with E-state index in [-0.39, 0.29) is 17.8 Å². The summed E-state index contributed by atoms with van der Waals surface area (Å²) >= 11 is 0. The van der Waals surface area contributed by atoms with E-state index in [1.807, 2.05) is 19.9 Å². The van der Waals surface area contributed by atoms with Crippen LogP contribution in [0.25, 0.3) is 0 Å². The first-order valence-corrected chi connectivity index (χ1v) is 15.8. The highest BCUT2D eigenvalue weighted by Crippen LogP contribution is 2.60. The first kappa shape index (κ1) is 29.8. The summed E-state index contributed by atoms with van der Waals surface area (Å²) < 4.78 is 0. The van der Waals surface area contributed by atoms with Crippen LogP contribution in [0.2, 0.25) is 0 Å². The first-order chi connectivity index (χ1) is 18.0. The molecule has 214 valence electrons. The van der Waals surface area contributed by atoms with E-state index in [0.29, 0.717) is 17.3 Å². The summed E-state index contributed by atoms with van der Waals surface area (Å²) in [4.78, 5) is 0. The lowest BCUT2D eigenvalue weighted by molar-refractivity contribution is -0.0719. The average molecular weight is 525 g/mol. The molecular weight excluding hydrogens is 468 g/mol. The molecule has 0 aliphatic heterocycles. The lowest BCUT2D eigenvalue weighted by Gasteiger charge is -2.46. The molecule has 0 radical (unpaired) electrons. The van der Waals surface area contributed by atoms with E-state index in [9.17, 15) is 15.3 Å². The van der Waals surface area contributed by atoms with Gasteiger partial charge in [0.25, 0.3) is 0 Å². The third kappa shape index (κ3) is 6.94. The van der Waals surface area contributed by atoms with Crippen molar-refractivity contribution in [1.29, 1.82) is 0 Å². The molecule has 0 bridgehead atoms. The summed E-state index contributed by atoms with van der Waals surface area (Å²) in [6.07, 6.45) is 16.4. The van der Waals surface area contributed by atoms with Crippen molar-refractivity contribution in [2.24, 2.45) is 46.8 Å². The molecule has 10 atom stereocenters. The van der Waals surface area contributed by atoms with Crippen molar-refractivity contribution in [3.05, 3.63) is 48.0 Å². The van der Waals surface area contributed by atoms with Crippen molar-refractivity contribution in [3.63, 3.8) is 0 Å². The predicted octanol–water partition coefficient (Wildman–Crippen LogP) is 7.58. The number of allylic oxidation sites excluding steroid dienone is 2. The Bertz CT molecular complexity index is 888. The van der Waals surface area contributed by atoms with Gasteiger partial charge in [-0.05, 0) is 112 Å².